The van der Waals surface area contributed by atoms with Crippen molar-refractivity contribution in [2.75, 3.05) is 16.0 Å². The largest absolute Gasteiger partial charge is 0.523 e. The summed E-state index contributed by atoms with van der Waals surface area (Å²) >= 11 is 18.4. The molecule has 1 saturated carbocycles. The first-order chi connectivity index (χ1) is 21.6. The van der Waals surface area contributed by atoms with Crippen LogP contribution in [-0.4, -0.2) is 34.5 Å². The van der Waals surface area contributed by atoms with Crippen LogP contribution in [-0.2, 0) is 20.5 Å². The molecule has 1 fully saturated rings. The van der Waals surface area contributed by atoms with Gasteiger partial charge in [-0.25, -0.2) is 13.2 Å². The average Bonchev–Trinajstić information content (AvgIpc) is 3.53. The van der Waals surface area contributed by atoms with E-state index in [0.29, 0.717) is 19.1 Å². The molecule has 0 bridgehead atoms. The van der Waals surface area contributed by atoms with Crippen molar-refractivity contribution in [1.29, 1.82) is 0 Å². The standard InChI is InChI=1S/C28H17Cl3F9N3O4/c1-10(47-28(38,39)40)23(44)43-22-17(33)4-5-18(21(22)34)42-24(45)15-9-14(2-3-16(15)29)41-25(46)20-19(26(20,30)31)11-6-12(27(35,36)37)8-13(32)7-11/h2-10,19-20H,1H3,(H,41,46)(H,42,45)(H,43,44)/t10?,19-,20?/m0/s1. The molecule has 3 aromatic carbocycles. The Morgan fingerprint density at radius 2 is 1.55 bits per heavy atom. The fraction of sp³-hybridized carbons (Fsp3) is 0.250. The molecule has 47 heavy (non-hydrogen) atoms. The second-order valence-electron chi connectivity index (χ2n) is 10.0. The lowest BCUT2D eigenvalue weighted by atomic mass is 10.0. The third-order valence-corrected chi connectivity index (χ3v) is 7.96. The van der Waals surface area contributed by atoms with Gasteiger partial charge in [0.15, 0.2) is 5.82 Å². The molecule has 2 unspecified atom stereocenters. The highest BCUT2D eigenvalue weighted by Gasteiger charge is 2.67. The first-order valence-corrected chi connectivity index (χ1v) is 13.9. The van der Waals surface area contributed by atoms with E-state index in [1.165, 1.54) is 6.07 Å². The van der Waals surface area contributed by atoms with Crippen molar-refractivity contribution < 1.29 is 58.6 Å². The Morgan fingerprint density at radius 1 is 0.894 bits per heavy atom. The Kier molecular flexibility index (Phi) is 10.0. The number of rotatable bonds is 8. The fourth-order valence-electron chi connectivity index (χ4n) is 4.45. The molecule has 3 atom stereocenters. The Balaban J connectivity index is 1.51. The first kappa shape index (κ1) is 36.1. The van der Waals surface area contributed by atoms with Crippen LogP contribution < -0.4 is 16.0 Å². The molecule has 0 aromatic heterocycles. The summed E-state index contributed by atoms with van der Waals surface area (Å²) in [5, 5.41) is 5.77. The maximum atomic E-state index is 15.0. The molecule has 1 aliphatic carbocycles. The van der Waals surface area contributed by atoms with E-state index in [1.807, 2.05) is 5.32 Å². The normalized spacial score (nSPS) is 17.9. The topological polar surface area (TPSA) is 96.5 Å². The van der Waals surface area contributed by atoms with Gasteiger partial charge in [0.1, 0.15) is 27.8 Å². The summed E-state index contributed by atoms with van der Waals surface area (Å²) in [5.41, 5.74) is -4.10. The van der Waals surface area contributed by atoms with Gasteiger partial charge in [-0.2, -0.15) is 13.2 Å². The van der Waals surface area contributed by atoms with Gasteiger partial charge in [-0.3, -0.25) is 19.1 Å². The number of hydrogen-bond acceptors (Lipinski definition) is 4. The lowest BCUT2D eigenvalue weighted by Crippen LogP contribution is -2.33. The molecular weight excluding hydrogens is 720 g/mol. The molecule has 0 heterocycles. The van der Waals surface area contributed by atoms with Crippen molar-refractivity contribution in [1.82, 2.24) is 0 Å². The van der Waals surface area contributed by atoms with Crippen molar-refractivity contribution in [3.63, 3.8) is 0 Å². The Hall–Kier alpha value is -3.73. The minimum absolute atomic E-state index is 0.124. The number of benzene rings is 3. The van der Waals surface area contributed by atoms with Crippen LogP contribution in [0.3, 0.4) is 0 Å². The smallest absolute Gasteiger partial charge is 0.326 e. The molecular formula is C28H17Cl3F9N3O4. The SMILES string of the molecule is CC(OC(F)(F)F)C(=O)Nc1c(F)ccc(NC(=O)c2cc(NC(=O)C3[C@H](c4cc(F)cc(C(F)(F)F)c4)C3(Cl)Cl)ccc2Cl)c1F. The predicted octanol–water partition coefficient (Wildman–Crippen LogP) is 8.42. The van der Waals surface area contributed by atoms with E-state index in [0.717, 1.165) is 24.3 Å². The first-order valence-electron chi connectivity index (χ1n) is 12.8. The average molecular weight is 737 g/mol. The number of amides is 3. The summed E-state index contributed by atoms with van der Waals surface area (Å²) in [6.45, 7) is 0.673. The molecule has 0 saturated heterocycles. The van der Waals surface area contributed by atoms with Crippen molar-refractivity contribution in [3.05, 3.63) is 87.7 Å². The number of carbonyl (C=O) groups is 3. The van der Waals surface area contributed by atoms with Gasteiger partial charge in [-0.15, -0.1) is 36.4 Å². The lowest BCUT2D eigenvalue weighted by Gasteiger charge is -2.17. The van der Waals surface area contributed by atoms with E-state index in [4.69, 9.17) is 34.8 Å². The van der Waals surface area contributed by atoms with Crippen molar-refractivity contribution >= 4 is 69.6 Å². The number of halogens is 12. The van der Waals surface area contributed by atoms with Crippen LogP contribution in [0.1, 0.15) is 34.3 Å². The van der Waals surface area contributed by atoms with E-state index >= 15 is 4.39 Å². The van der Waals surface area contributed by atoms with Gasteiger partial charge in [0, 0.05) is 11.6 Å². The van der Waals surface area contributed by atoms with Gasteiger partial charge in [-0.05, 0) is 61.0 Å². The maximum absolute atomic E-state index is 15.0. The monoisotopic (exact) mass is 735 g/mol. The van der Waals surface area contributed by atoms with Gasteiger partial charge in [0.25, 0.3) is 11.8 Å². The summed E-state index contributed by atoms with van der Waals surface area (Å²) in [7, 11) is 0. The minimum atomic E-state index is -5.23. The van der Waals surface area contributed by atoms with Gasteiger partial charge < -0.3 is 16.0 Å². The second-order valence-corrected chi connectivity index (χ2v) is 11.9. The van der Waals surface area contributed by atoms with Crippen LogP contribution in [0.2, 0.25) is 5.02 Å². The summed E-state index contributed by atoms with van der Waals surface area (Å²) in [5.74, 6) is -10.5. The minimum Gasteiger partial charge on any atom is -0.326 e. The van der Waals surface area contributed by atoms with Crippen LogP contribution in [0.5, 0.6) is 0 Å². The summed E-state index contributed by atoms with van der Waals surface area (Å²) in [6, 6.07) is 6.27. The highest BCUT2D eigenvalue weighted by molar-refractivity contribution is 6.53. The Labute approximate surface area is 273 Å². The Morgan fingerprint density at radius 3 is 2.17 bits per heavy atom. The zero-order chi connectivity index (χ0) is 35.2. The zero-order valence-corrected chi connectivity index (χ0v) is 25.3. The third-order valence-electron chi connectivity index (χ3n) is 6.69. The van der Waals surface area contributed by atoms with Gasteiger partial charge in [-0.1, -0.05) is 11.6 Å². The lowest BCUT2D eigenvalue weighted by molar-refractivity contribution is -0.335. The molecule has 7 nitrogen and oxygen atoms in total. The van der Waals surface area contributed by atoms with Gasteiger partial charge in [0.2, 0.25) is 5.91 Å². The quantitative estimate of drug-likeness (QED) is 0.160. The number of hydrogen-bond donors (Lipinski definition) is 3. The number of anilines is 3. The van der Waals surface area contributed by atoms with E-state index in [2.05, 4.69) is 10.1 Å². The van der Waals surface area contributed by atoms with E-state index in [9.17, 15) is 49.5 Å². The number of alkyl halides is 8. The van der Waals surface area contributed by atoms with E-state index in [1.54, 1.807) is 5.32 Å². The van der Waals surface area contributed by atoms with Crippen LogP contribution in [0.15, 0.2) is 48.5 Å². The highest BCUT2D eigenvalue weighted by atomic mass is 35.5. The summed E-state index contributed by atoms with van der Waals surface area (Å²) in [6.07, 6.45) is -12.3. The van der Waals surface area contributed by atoms with E-state index in [-0.39, 0.29) is 22.3 Å². The molecule has 3 amide bonds. The highest BCUT2D eigenvalue weighted by Crippen LogP contribution is 2.65. The molecule has 19 heteroatoms. The fourth-order valence-corrected chi connectivity index (χ4v) is 5.48. The summed E-state index contributed by atoms with van der Waals surface area (Å²) < 4.78 is 122. The van der Waals surface area contributed by atoms with Gasteiger partial charge in [0.05, 0.1) is 27.8 Å². The number of nitrogens with one attached hydrogen (secondary N) is 3. The molecule has 3 N–H and O–H groups in total. The van der Waals surface area contributed by atoms with Crippen molar-refractivity contribution in [2.24, 2.45) is 5.92 Å². The maximum Gasteiger partial charge on any atom is 0.523 e. The van der Waals surface area contributed by atoms with Crippen molar-refractivity contribution in [2.45, 2.75) is 35.8 Å². The third kappa shape index (κ3) is 8.23. The van der Waals surface area contributed by atoms with Crippen LogP contribution in [0.4, 0.5) is 56.6 Å². The molecule has 4 rings (SSSR count). The van der Waals surface area contributed by atoms with Gasteiger partial charge >= 0.3 is 12.5 Å². The molecule has 0 aliphatic heterocycles. The van der Waals surface area contributed by atoms with Crippen LogP contribution in [0.25, 0.3) is 0 Å². The molecule has 0 spiro atoms. The van der Waals surface area contributed by atoms with Crippen LogP contribution in [0, 0.1) is 23.4 Å². The molecule has 252 valence electrons. The molecule has 0 radical (unpaired) electrons. The van der Waals surface area contributed by atoms with E-state index < -0.39 is 92.5 Å². The summed E-state index contributed by atoms with van der Waals surface area (Å²) in [4.78, 5) is 38.0. The molecule has 3 aromatic rings. The van der Waals surface area contributed by atoms with Crippen LogP contribution >= 0.6 is 34.8 Å². The number of carbonyl (C=O) groups excluding carboxylic acids is 3. The van der Waals surface area contributed by atoms with Crippen molar-refractivity contribution in [3.8, 4) is 0 Å². The Bertz CT molecular complexity index is 1750. The molecule has 1 aliphatic rings. The number of ether oxygens (including phenoxy) is 1. The predicted molar refractivity (Wildman–Crippen MR) is 152 cm³/mol. The second kappa shape index (κ2) is 13.1. The zero-order valence-electron chi connectivity index (χ0n) is 23.0.